The van der Waals surface area contributed by atoms with Crippen molar-refractivity contribution >= 4 is 0 Å². The molecule has 0 spiro atoms. The summed E-state index contributed by atoms with van der Waals surface area (Å²) in [4.78, 5) is 2.44. The van der Waals surface area contributed by atoms with E-state index in [0.717, 1.165) is 0 Å². The second kappa shape index (κ2) is 5.23. The van der Waals surface area contributed by atoms with Crippen molar-refractivity contribution in [3.05, 3.63) is 23.8 Å². The van der Waals surface area contributed by atoms with Gasteiger partial charge in [-0.2, -0.15) is 0 Å². The first-order valence-electron chi connectivity index (χ1n) is 5.31. The normalized spacial score (nSPS) is 18.9. The number of rotatable bonds is 4. The Morgan fingerprint density at radius 2 is 2.31 bits per heavy atom. The van der Waals surface area contributed by atoms with Gasteiger partial charge in [0.05, 0.1) is 0 Å². The van der Waals surface area contributed by atoms with Gasteiger partial charge in [0.1, 0.15) is 0 Å². The number of hydrogen-bond donors (Lipinski definition) is 0. The van der Waals surface area contributed by atoms with E-state index < -0.39 is 0 Å². The van der Waals surface area contributed by atoms with Crippen LogP contribution in [0.15, 0.2) is 23.8 Å². The lowest BCUT2D eigenvalue weighted by molar-refractivity contribution is 0.283. The van der Waals surface area contributed by atoms with E-state index in [1.807, 2.05) is 0 Å². The molecule has 1 aliphatic rings. The molecule has 0 saturated carbocycles. The van der Waals surface area contributed by atoms with Crippen molar-refractivity contribution in [1.82, 2.24) is 4.90 Å². The Morgan fingerprint density at radius 3 is 2.85 bits per heavy atom. The number of likely N-dealkylation sites (N-methyl/N-ethyl adjacent to an activating group) is 1. The fraction of sp³-hybridized carbons (Fsp3) is 0.667. The summed E-state index contributed by atoms with van der Waals surface area (Å²) in [5.74, 6) is 0. The SMILES string of the molecule is CCCN(C)C(C)C1=CC=CCC1. The highest BCUT2D eigenvalue weighted by Crippen LogP contribution is 2.18. The van der Waals surface area contributed by atoms with Gasteiger partial charge in [-0.1, -0.05) is 30.7 Å². The second-order valence-corrected chi connectivity index (χ2v) is 3.86. The summed E-state index contributed by atoms with van der Waals surface area (Å²) in [6.07, 6.45) is 10.4. The zero-order chi connectivity index (χ0) is 9.68. The molecular weight excluding hydrogens is 158 g/mol. The molecule has 0 aliphatic heterocycles. The number of nitrogens with zero attached hydrogens (tertiary/aromatic N) is 1. The van der Waals surface area contributed by atoms with Crippen molar-refractivity contribution < 1.29 is 0 Å². The monoisotopic (exact) mass is 179 g/mol. The molecular formula is C12H21N. The summed E-state index contributed by atoms with van der Waals surface area (Å²) in [6.45, 7) is 5.74. The highest BCUT2D eigenvalue weighted by atomic mass is 15.1. The fourth-order valence-electron chi connectivity index (χ4n) is 1.80. The highest BCUT2D eigenvalue weighted by Gasteiger charge is 2.13. The minimum Gasteiger partial charge on any atom is -0.300 e. The van der Waals surface area contributed by atoms with Gasteiger partial charge in [-0.15, -0.1) is 0 Å². The number of allylic oxidation sites excluding steroid dienone is 3. The lowest BCUT2D eigenvalue weighted by Crippen LogP contribution is -2.31. The Bertz CT molecular complexity index is 203. The predicted molar refractivity (Wildman–Crippen MR) is 58.8 cm³/mol. The minimum absolute atomic E-state index is 0.616. The molecule has 0 aromatic carbocycles. The highest BCUT2D eigenvalue weighted by molar-refractivity contribution is 5.21. The first-order valence-corrected chi connectivity index (χ1v) is 5.31. The van der Waals surface area contributed by atoms with Gasteiger partial charge in [0.25, 0.3) is 0 Å². The summed E-state index contributed by atoms with van der Waals surface area (Å²) in [6, 6.07) is 0.616. The Hall–Kier alpha value is -0.560. The van der Waals surface area contributed by atoms with Crippen LogP contribution in [0.25, 0.3) is 0 Å². The molecule has 1 heteroatoms. The maximum atomic E-state index is 2.44. The topological polar surface area (TPSA) is 3.24 Å². The summed E-state index contributed by atoms with van der Waals surface area (Å²) >= 11 is 0. The third-order valence-electron chi connectivity index (χ3n) is 2.82. The molecule has 1 nitrogen and oxygen atoms in total. The molecule has 0 N–H and O–H groups in total. The largest absolute Gasteiger partial charge is 0.300 e. The molecule has 0 amide bonds. The zero-order valence-corrected chi connectivity index (χ0v) is 9.09. The van der Waals surface area contributed by atoms with E-state index in [-0.39, 0.29) is 0 Å². The lowest BCUT2D eigenvalue weighted by Gasteiger charge is -2.27. The Morgan fingerprint density at radius 1 is 1.54 bits per heavy atom. The number of hydrogen-bond acceptors (Lipinski definition) is 1. The molecule has 0 fully saturated rings. The van der Waals surface area contributed by atoms with Gasteiger partial charge in [0.15, 0.2) is 0 Å². The van der Waals surface area contributed by atoms with Crippen molar-refractivity contribution in [3.8, 4) is 0 Å². The fourth-order valence-corrected chi connectivity index (χ4v) is 1.80. The van der Waals surface area contributed by atoms with Crippen molar-refractivity contribution in [2.24, 2.45) is 0 Å². The summed E-state index contributed by atoms with van der Waals surface area (Å²) in [7, 11) is 2.22. The molecule has 74 valence electrons. The smallest absolute Gasteiger partial charge is 0.0279 e. The molecule has 1 unspecified atom stereocenters. The van der Waals surface area contributed by atoms with Crippen molar-refractivity contribution in [2.45, 2.75) is 39.2 Å². The summed E-state index contributed by atoms with van der Waals surface area (Å²) in [5, 5.41) is 0. The van der Waals surface area contributed by atoms with E-state index in [4.69, 9.17) is 0 Å². The predicted octanol–water partition coefficient (Wildman–Crippen LogP) is 2.99. The van der Waals surface area contributed by atoms with Crippen molar-refractivity contribution in [3.63, 3.8) is 0 Å². The van der Waals surface area contributed by atoms with Crippen LogP contribution in [0.5, 0.6) is 0 Å². The van der Waals surface area contributed by atoms with Gasteiger partial charge >= 0.3 is 0 Å². The third-order valence-corrected chi connectivity index (χ3v) is 2.82. The Kier molecular flexibility index (Phi) is 4.23. The molecule has 0 radical (unpaired) electrons. The maximum absolute atomic E-state index is 2.44. The molecule has 1 atom stereocenters. The van der Waals surface area contributed by atoms with Crippen LogP contribution < -0.4 is 0 Å². The van der Waals surface area contributed by atoms with E-state index in [2.05, 4.69) is 44.0 Å². The van der Waals surface area contributed by atoms with Crippen LogP contribution in [-0.4, -0.2) is 24.5 Å². The van der Waals surface area contributed by atoms with Gasteiger partial charge in [0.2, 0.25) is 0 Å². The van der Waals surface area contributed by atoms with Crippen LogP contribution in [0, 0.1) is 0 Å². The average Bonchev–Trinajstić information content (AvgIpc) is 2.18. The van der Waals surface area contributed by atoms with E-state index in [9.17, 15) is 0 Å². The third kappa shape index (κ3) is 3.00. The van der Waals surface area contributed by atoms with E-state index in [1.54, 1.807) is 5.57 Å². The van der Waals surface area contributed by atoms with Crippen molar-refractivity contribution in [2.75, 3.05) is 13.6 Å². The van der Waals surface area contributed by atoms with Crippen LogP contribution in [0.3, 0.4) is 0 Å². The first kappa shape index (κ1) is 10.5. The molecule has 0 aromatic rings. The molecule has 1 aliphatic carbocycles. The van der Waals surface area contributed by atoms with Crippen LogP contribution >= 0.6 is 0 Å². The molecule has 13 heavy (non-hydrogen) atoms. The average molecular weight is 179 g/mol. The maximum Gasteiger partial charge on any atom is 0.0279 e. The minimum atomic E-state index is 0.616. The Balaban J connectivity index is 2.50. The van der Waals surface area contributed by atoms with E-state index >= 15 is 0 Å². The molecule has 0 heterocycles. The van der Waals surface area contributed by atoms with Crippen LogP contribution in [0.2, 0.25) is 0 Å². The van der Waals surface area contributed by atoms with E-state index in [1.165, 1.54) is 25.8 Å². The Labute approximate surface area is 82.1 Å². The van der Waals surface area contributed by atoms with Crippen LogP contribution in [0.4, 0.5) is 0 Å². The van der Waals surface area contributed by atoms with E-state index in [0.29, 0.717) is 6.04 Å². The standard InChI is InChI=1S/C12H21N/c1-4-10-13(3)11(2)12-8-6-5-7-9-12/h5-6,8,11H,4,7,9-10H2,1-3H3. The van der Waals surface area contributed by atoms with Gasteiger partial charge in [0, 0.05) is 6.04 Å². The zero-order valence-electron chi connectivity index (χ0n) is 9.09. The lowest BCUT2D eigenvalue weighted by atomic mass is 9.98. The van der Waals surface area contributed by atoms with Crippen LogP contribution in [0.1, 0.15) is 33.1 Å². The molecule has 0 bridgehead atoms. The summed E-state index contributed by atoms with van der Waals surface area (Å²) in [5.41, 5.74) is 1.58. The summed E-state index contributed by atoms with van der Waals surface area (Å²) < 4.78 is 0. The molecule has 0 aromatic heterocycles. The van der Waals surface area contributed by atoms with Gasteiger partial charge < -0.3 is 0 Å². The molecule has 0 saturated heterocycles. The van der Waals surface area contributed by atoms with Gasteiger partial charge in [-0.25, -0.2) is 0 Å². The van der Waals surface area contributed by atoms with Gasteiger partial charge in [-0.3, -0.25) is 4.90 Å². The quantitative estimate of drug-likeness (QED) is 0.641. The molecule has 1 rings (SSSR count). The van der Waals surface area contributed by atoms with Crippen LogP contribution in [-0.2, 0) is 0 Å². The van der Waals surface area contributed by atoms with Gasteiger partial charge in [-0.05, 0) is 39.8 Å². The first-order chi connectivity index (χ1) is 6.25. The second-order valence-electron chi connectivity index (χ2n) is 3.86. The van der Waals surface area contributed by atoms with Crippen molar-refractivity contribution in [1.29, 1.82) is 0 Å².